The predicted octanol–water partition coefficient (Wildman–Crippen LogP) is 3.27. The number of amides is 1. The van der Waals surface area contributed by atoms with Gasteiger partial charge in [-0.25, -0.2) is 4.68 Å². The molecule has 4 rings (SSSR count). The van der Waals surface area contributed by atoms with Gasteiger partial charge in [0.15, 0.2) is 11.5 Å². The topological polar surface area (TPSA) is 112 Å². The molecule has 3 aromatic rings. The number of fused-ring (bicyclic) bond motifs is 1. The predicted molar refractivity (Wildman–Crippen MR) is 113 cm³/mol. The van der Waals surface area contributed by atoms with Crippen molar-refractivity contribution in [2.24, 2.45) is 11.1 Å². The molecule has 1 amide bonds. The lowest BCUT2D eigenvalue weighted by Crippen LogP contribution is -2.28. The fourth-order valence-corrected chi connectivity index (χ4v) is 3.79. The molecule has 0 fully saturated rings. The molecule has 8 nitrogen and oxygen atoms in total. The van der Waals surface area contributed by atoms with Crippen LogP contribution in [0.4, 0.5) is 11.4 Å². The van der Waals surface area contributed by atoms with Gasteiger partial charge in [0.2, 0.25) is 0 Å². The SMILES string of the molecule is COc1ccccc1Nc1cc(-n2nnc3c2CC(C)(C)CC3=O)ccc1C(N)=O. The van der Waals surface area contributed by atoms with Crippen molar-refractivity contribution >= 4 is 23.1 Å². The number of nitrogens with two attached hydrogens (primary N) is 1. The van der Waals surface area contributed by atoms with Crippen LogP contribution in [-0.4, -0.2) is 33.8 Å². The van der Waals surface area contributed by atoms with Crippen LogP contribution in [-0.2, 0) is 6.42 Å². The first-order valence-electron chi connectivity index (χ1n) is 9.61. The molecule has 0 spiro atoms. The van der Waals surface area contributed by atoms with E-state index in [2.05, 4.69) is 29.5 Å². The molecular formula is C22H23N5O3. The zero-order valence-corrected chi connectivity index (χ0v) is 17.1. The van der Waals surface area contributed by atoms with Crippen molar-refractivity contribution < 1.29 is 14.3 Å². The van der Waals surface area contributed by atoms with Crippen molar-refractivity contribution in [1.82, 2.24) is 15.0 Å². The van der Waals surface area contributed by atoms with Gasteiger partial charge in [-0.2, -0.15) is 0 Å². The summed E-state index contributed by atoms with van der Waals surface area (Å²) in [5, 5.41) is 11.6. The molecule has 1 heterocycles. The fourth-order valence-electron chi connectivity index (χ4n) is 3.79. The van der Waals surface area contributed by atoms with Gasteiger partial charge in [-0.05, 0) is 42.2 Å². The number of ether oxygens (including phenoxy) is 1. The molecule has 2 aromatic carbocycles. The second-order valence-corrected chi connectivity index (χ2v) is 8.16. The molecule has 154 valence electrons. The summed E-state index contributed by atoms with van der Waals surface area (Å²) < 4.78 is 7.04. The Morgan fingerprint density at radius 3 is 2.67 bits per heavy atom. The first kappa shape index (κ1) is 19.6. The lowest BCUT2D eigenvalue weighted by molar-refractivity contribution is 0.0905. The van der Waals surface area contributed by atoms with E-state index in [0.29, 0.717) is 46.9 Å². The number of nitrogens with one attached hydrogen (secondary N) is 1. The van der Waals surface area contributed by atoms with Crippen molar-refractivity contribution in [2.75, 3.05) is 12.4 Å². The number of methoxy groups -OCH3 is 1. The molecule has 0 saturated heterocycles. The molecule has 1 aromatic heterocycles. The maximum Gasteiger partial charge on any atom is 0.250 e. The lowest BCUT2D eigenvalue weighted by atomic mass is 9.77. The zero-order valence-electron chi connectivity index (χ0n) is 17.1. The average Bonchev–Trinajstić information content (AvgIpc) is 3.11. The van der Waals surface area contributed by atoms with E-state index in [0.717, 1.165) is 5.69 Å². The van der Waals surface area contributed by atoms with Crippen molar-refractivity contribution in [3.63, 3.8) is 0 Å². The van der Waals surface area contributed by atoms with Crippen LogP contribution < -0.4 is 15.8 Å². The van der Waals surface area contributed by atoms with E-state index in [9.17, 15) is 9.59 Å². The normalized spacial score (nSPS) is 14.8. The fraction of sp³-hybridized carbons (Fsp3) is 0.273. The molecule has 0 saturated carbocycles. The van der Waals surface area contributed by atoms with E-state index < -0.39 is 5.91 Å². The molecule has 8 heteroatoms. The van der Waals surface area contributed by atoms with Crippen LogP contribution >= 0.6 is 0 Å². The lowest BCUT2D eigenvalue weighted by Gasteiger charge is -2.28. The largest absolute Gasteiger partial charge is 0.495 e. The molecule has 0 radical (unpaired) electrons. The standard InChI is InChI=1S/C22H23N5O3/c1-22(2)11-17-20(18(28)12-22)25-26-27(17)13-8-9-14(21(23)29)16(10-13)24-15-6-4-5-7-19(15)30-3/h4-10,24H,11-12H2,1-3H3,(H2,23,29). The smallest absolute Gasteiger partial charge is 0.250 e. The highest BCUT2D eigenvalue weighted by Crippen LogP contribution is 2.35. The summed E-state index contributed by atoms with van der Waals surface area (Å²) in [4.78, 5) is 24.5. The van der Waals surface area contributed by atoms with Gasteiger partial charge in [0.05, 0.1) is 35.4 Å². The van der Waals surface area contributed by atoms with Gasteiger partial charge in [-0.3, -0.25) is 9.59 Å². The Morgan fingerprint density at radius 1 is 1.17 bits per heavy atom. The van der Waals surface area contributed by atoms with Gasteiger partial charge in [0, 0.05) is 6.42 Å². The van der Waals surface area contributed by atoms with Gasteiger partial charge in [-0.15, -0.1) is 5.10 Å². The van der Waals surface area contributed by atoms with E-state index >= 15 is 0 Å². The first-order valence-corrected chi connectivity index (χ1v) is 9.61. The highest BCUT2D eigenvalue weighted by atomic mass is 16.5. The van der Waals surface area contributed by atoms with Gasteiger partial charge in [0.25, 0.3) is 5.91 Å². The zero-order chi connectivity index (χ0) is 21.5. The number of nitrogens with zero attached hydrogens (tertiary/aromatic N) is 3. The Morgan fingerprint density at radius 2 is 1.93 bits per heavy atom. The van der Waals surface area contributed by atoms with E-state index in [-0.39, 0.29) is 11.2 Å². The number of anilines is 2. The maximum atomic E-state index is 12.5. The van der Waals surface area contributed by atoms with Crippen molar-refractivity contribution in [2.45, 2.75) is 26.7 Å². The third-order valence-electron chi connectivity index (χ3n) is 5.20. The van der Waals surface area contributed by atoms with E-state index in [1.807, 2.05) is 24.3 Å². The Labute approximate surface area is 174 Å². The van der Waals surface area contributed by atoms with Crippen molar-refractivity contribution in [3.05, 3.63) is 59.4 Å². The number of para-hydroxylation sites is 2. The minimum absolute atomic E-state index is 0.00590. The Hall–Kier alpha value is -3.68. The Bertz CT molecular complexity index is 1150. The van der Waals surface area contributed by atoms with Gasteiger partial charge >= 0.3 is 0 Å². The third-order valence-corrected chi connectivity index (χ3v) is 5.20. The number of hydrogen-bond acceptors (Lipinski definition) is 6. The second-order valence-electron chi connectivity index (χ2n) is 8.16. The van der Waals surface area contributed by atoms with Crippen LogP contribution in [0.15, 0.2) is 42.5 Å². The molecule has 0 atom stereocenters. The molecule has 0 aliphatic heterocycles. The van der Waals surface area contributed by atoms with Gasteiger partial charge in [-0.1, -0.05) is 31.2 Å². The van der Waals surface area contributed by atoms with Gasteiger partial charge in [0.1, 0.15) is 5.75 Å². The van der Waals surface area contributed by atoms with Crippen LogP contribution in [0.1, 0.15) is 46.8 Å². The van der Waals surface area contributed by atoms with Crippen LogP contribution in [0.5, 0.6) is 5.75 Å². The molecule has 1 aliphatic carbocycles. The highest BCUT2D eigenvalue weighted by Gasteiger charge is 2.35. The van der Waals surface area contributed by atoms with E-state index in [1.54, 1.807) is 30.0 Å². The van der Waals surface area contributed by atoms with Crippen LogP contribution in [0, 0.1) is 5.41 Å². The number of primary amides is 1. The van der Waals surface area contributed by atoms with E-state index in [1.165, 1.54) is 0 Å². The summed E-state index contributed by atoms with van der Waals surface area (Å²) in [5.41, 5.74) is 8.80. The summed E-state index contributed by atoms with van der Waals surface area (Å²) in [6.07, 6.45) is 1.12. The summed E-state index contributed by atoms with van der Waals surface area (Å²) in [5.74, 6) is 0.0632. The number of Topliss-reactive ketones (excluding diaryl/α,β-unsaturated/α-hetero) is 1. The number of hydrogen-bond donors (Lipinski definition) is 2. The number of carbonyl (C=O) groups is 2. The van der Waals surface area contributed by atoms with Crippen LogP contribution in [0.3, 0.4) is 0 Å². The molecule has 0 bridgehead atoms. The monoisotopic (exact) mass is 405 g/mol. The summed E-state index contributed by atoms with van der Waals surface area (Å²) in [7, 11) is 1.58. The van der Waals surface area contributed by atoms with Crippen molar-refractivity contribution in [3.8, 4) is 11.4 Å². The highest BCUT2D eigenvalue weighted by molar-refractivity contribution is 6.00. The van der Waals surface area contributed by atoms with Crippen LogP contribution in [0.25, 0.3) is 5.69 Å². The molecule has 0 unspecified atom stereocenters. The molecule has 3 N–H and O–H groups in total. The number of ketones is 1. The Kier molecular flexibility index (Phi) is 4.77. The van der Waals surface area contributed by atoms with Crippen molar-refractivity contribution in [1.29, 1.82) is 0 Å². The number of benzene rings is 2. The minimum atomic E-state index is -0.559. The number of carbonyl (C=O) groups excluding carboxylic acids is 2. The summed E-state index contributed by atoms with van der Waals surface area (Å²) in [6.45, 7) is 4.10. The molecule has 30 heavy (non-hydrogen) atoms. The first-order chi connectivity index (χ1) is 14.3. The summed E-state index contributed by atoms with van der Waals surface area (Å²) >= 11 is 0. The minimum Gasteiger partial charge on any atom is -0.495 e. The van der Waals surface area contributed by atoms with Crippen LogP contribution in [0.2, 0.25) is 0 Å². The number of rotatable bonds is 5. The Balaban J connectivity index is 1.80. The second kappa shape index (κ2) is 7.29. The van der Waals surface area contributed by atoms with E-state index in [4.69, 9.17) is 10.5 Å². The summed E-state index contributed by atoms with van der Waals surface area (Å²) in [6, 6.07) is 12.5. The molecular weight excluding hydrogens is 382 g/mol. The van der Waals surface area contributed by atoms with Gasteiger partial charge < -0.3 is 15.8 Å². The number of aromatic nitrogens is 3. The maximum absolute atomic E-state index is 12.5. The average molecular weight is 405 g/mol. The molecule has 1 aliphatic rings. The quantitative estimate of drug-likeness (QED) is 0.674. The third kappa shape index (κ3) is 3.52.